The minimum atomic E-state index is 0.0257. The van der Waals surface area contributed by atoms with Gasteiger partial charge in [-0.3, -0.25) is 4.79 Å². The van der Waals surface area contributed by atoms with Gasteiger partial charge in [0.2, 0.25) is 5.91 Å². The molecule has 0 saturated carbocycles. The van der Waals surface area contributed by atoms with E-state index in [-0.39, 0.29) is 5.91 Å². The maximum absolute atomic E-state index is 11.6. The van der Waals surface area contributed by atoms with Gasteiger partial charge in [0.1, 0.15) is 0 Å². The van der Waals surface area contributed by atoms with Crippen LogP contribution in [0.3, 0.4) is 0 Å². The van der Waals surface area contributed by atoms with Crippen molar-refractivity contribution in [2.24, 2.45) is 0 Å². The van der Waals surface area contributed by atoms with E-state index in [1.165, 1.54) is 0 Å². The zero-order chi connectivity index (χ0) is 13.9. The van der Waals surface area contributed by atoms with Crippen LogP contribution in [-0.2, 0) is 20.7 Å². The minimum absolute atomic E-state index is 0.0257. The standard InChI is InChI=1S/C14H22N2O3/c1-18-9-10-19-8-7-16-14(17)6-5-12-3-2-4-13(15)11-12/h2-4,11H,5-10,15H2,1H3,(H,16,17). The van der Waals surface area contributed by atoms with Gasteiger partial charge < -0.3 is 20.5 Å². The van der Waals surface area contributed by atoms with Gasteiger partial charge in [-0.2, -0.15) is 0 Å². The molecule has 0 heterocycles. The number of hydrogen-bond donors (Lipinski definition) is 2. The van der Waals surface area contributed by atoms with Crippen molar-refractivity contribution >= 4 is 11.6 Å². The summed E-state index contributed by atoms with van der Waals surface area (Å²) in [6.07, 6.45) is 1.16. The van der Waals surface area contributed by atoms with Crippen LogP contribution in [0.2, 0.25) is 0 Å². The highest BCUT2D eigenvalue weighted by molar-refractivity contribution is 5.76. The molecule has 0 atom stereocenters. The van der Waals surface area contributed by atoms with Gasteiger partial charge in [0.05, 0.1) is 19.8 Å². The Morgan fingerprint density at radius 2 is 2.16 bits per heavy atom. The summed E-state index contributed by atoms with van der Waals surface area (Å²) in [6, 6.07) is 7.59. The molecule has 5 nitrogen and oxygen atoms in total. The molecule has 0 aromatic heterocycles. The summed E-state index contributed by atoms with van der Waals surface area (Å²) in [6.45, 7) is 2.16. The normalized spacial score (nSPS) is 10.4. The number of anilines is 1. The monoisotopic (exact) mass is 266 g/mol. The first-order valence-corrected chi connectivity index (χ1v) is 6.40. The number of benzene rings is 1. The van der Waals surface area contributed by atoms with Gasteiger partial charge in [-0.05, 0) is 24.1 Å². The number of nitrogens with one attached hydrogen (secondary N) is 1. The van der Waals surface area contributed by atoms with Gasteiger partial charge in [-0.1, -0.05) is 12.1 Å². The van der Waals surface area contributed by atoms with Crippen LogP contribution in [0.1, 0.15) is 12.0 Å². The summed E-state index contributed by atoms with van der Waals surface area (Å²) in [5.41, 5.74) is 7.48. The molecule has 0 radical (unpaired) electrons. The first-order valence-electron chi connectivity index (χ1n) is 6.40. The van der Waals surface area contributed by atoms with E-state index in [1.807, 2.05) is 24.3 Å². The van der Waals surface area contributed by atoms with E-state index in [4.69, 9.17) is 15.2 Å². The molecule has 1 amide bonds. The molecule has 3 N–H and O–H groups in total. The van der Waals surface area contributed by atoms with Gasteiger partial charge in [0.15, 0.2) is 0 Å². The third-order valence-corrected chi connectivity index (χ3v) is 2.59. The van der Waals surface area contributed by atoms with E-state index in [1.54, 1.807) is 7.11 Å². The van der Waals surface area contributed by atoms with Crippen LogP contribution >= 0.6 is 0 Å². The topological polar surface area (TPSA) is 73.6 Å². The Balaban J connectivity index is 2.08. The largest absolute Gasteiger partial charge is 0.399 e. The second-order valence-electron chi connectivity index (χ2n) is 4.20. The lowest BCUT2D eigenvalue weighted by Crippen LogP contribution is -2.27. The third kappa shape index (κ3) is 7.43. The number of aryl methyl sites for hydroxylation is 1. The van der Waals surface area contributed by atoms with Crippen LogP contribution in [0.15, 0.2) is 24.3 Å². The zero-order valence-corrected chi connectivity index (χ0v) is 11.4. The number of methoxy groups -OCH3 is 1. The van der Waals surface area contributed by atoms with E-state index in [2.05, 4.69) is 5.32 Å². The number of nitrogen functional groups attached to an aromatic ring is 1. The SMILES string of the molecule is COCCOCCNC(=O)CCc1cccc(N)c1. The number of rotatable bonds is 9. The predicted octanol–water partition coefficient (Wildman–Crippen LogP) is 0.981. The summed E-state index contributed by atoms with van der Waals surface area (Å²) >= 11 is 0. The van der Waals surface area contributed by atoms with Crippen molar-refractivity contribution in [1.29, 1.82) is 0 Å². The van der Waals surface area contributed by atoms with Crippen molar-refractivity contribution in [3.63, 3.8) is 0 Å². The molecule has 0 fully saturated rings. The fourth-order valence-corrected chi connectivity index (χ4v) is 1.60. The highest BCUT2D eigenvalue weighted by Gasteiger charge is 2.02. The second kappa shape index (κ2) is 9.35. The van der Waals surface area contributed by atoms with Crippen LogP contribution in [0.25, 0.3) is 0 Å². The maximum atomic E-state index is 11.6. The van der Waals surface area contributed by atoms with E-state index < -0.39 is 0 Å². The van der Waals surface area contributed by atoms with E-state index in [0.717, 1.165) is 11.3 Å². The van der Waals surface area contributed by atoms with Crippen LogP contribution < -0.4 is 11.1 Å². The van der Waals surface area contributed by atoms with Gasteiger partial charge >= 0.3 is 0 Å². The Kier molecular flexibility index (Phi) is 7.62. The maximum Gasteiger partial charge on any atom is 0.220 e. The molecule has 0 aliphatic carbocycles. The van der Waals surface area contributed by atoms with E-state index in [0.29, 0.717) is 39.2 Å². The highest BCUT2D eigenvalue weighted by atomic mass is 16.5. The fraction of sp³-hybridized carbons (Fsp3) is 0.500. The number of carbonyl (C=O) groups is 1. The minimum Gasteiger partial charge on any atom is -0.399 e. The molecule has 1 aromatic rings. The molecule has 0 spiro atoms. The molecule has 0 saturated heterocycles. The Morgan fingerprint density at radius 1 is 1.32 bits per heavy atom. The molecule has 19 heavy (non-hydrogen) atoms. The lowest BCUT2D eigenvalue weighted by molar-refractivity contribution is -0.121. The smallest absolute Gasteiger partial charge is 0.220 e. The van der Waals surface area contributed by atoms with Crippen molar-refractivity contribution in [3.8, 4) is 0 Å². The van der Waals surface area contributed by atoms with Crippen molar-refractivity contribution in [1.82, 2.24) is 5.32 Å². The average Bonchev–Trinajstić information content (AvgIpc) is 2.40. The Hall–Kier alpha value is -1.59. The predicted molar refractivity (Wildman–Crippen MR) is 74.9 cm³/mol. The van der Waals surface area contributed by atoms with Crippen LogP contribution in [0, 0.1) is 0 Å². The number of nitrogens with two attached hydrogens (primary N) is 1. The molecule has 0 unspecified atom stereocenters. The van der Waals surface area contributed by atoms with E-state index in [9.17, 15) is 4.79 Å². The van der Waals surface area contributed by atoms with Gasteiger partial charge in [-0.25, -0.2) is 0 Å². The van der Waals surface area contributed by atoms with Crippen LogP contribution in [0.4, 0.5) is 5.69 Å². The molecule has 0 aliphatic rings. The Morgan fingerprint density at radius 3 is 2.89 bits per heavy atom. The highest BCUT2D eigenvalue weighted by Crippen LogP contribution is 2.08. The summed E-state index contributed by atoms with van der Waals surface area (Å²) in [7, 11) is 1.63. The molecule has 1 rings (SSSR count). The first-order chi connectivity index (χ1) is 9.22. The third-order valence-electron chi connectivity index (χ3n) is 2.59. The van der Waals surface area contributed by atoms with Crippen molar-refractivity contribution in [3.05, 3.63) is 29.8 Å². The zero-order valence-electron chi connectivity index (χ0n) is 11.4. The lowest BCUT2D eigenvalue weighted by atomic mass is 10.1. The van der Waals surface area contributed by atoms with Crippen LogP contribution in [-0.4, -0.2) is 39.4 Å². The fourth-order valence-electron chi connectivity index (χ4n) is 1.60. The van der Waals surface area contributed by atoms with Gasteiger partial charge in [0, 0.05) is 25.8 Å². The number of ether oxygens (including phenoxy) is 2. The van der Waals surface area contributed by atoms with E-state index >= 15 is 0 Å². The summed E-state index contributed by atoms with van der Waals surface area (Å²) in [4.78, 5) is 11.6. The van der Waals surface area contributed by atoms with Crippen LogP contribution in [0.5, 0.6) is 0 Å². The molecular formula is C14H22N2O3. The van der Waals surface area contributed by atoms with Crippen molar-refractivity contribution in [2.45, 2.75) is 12.8 Å². The van der Waals surface area contributed by atoms with Gasteiger partial charge in [0.25, 0.3) is 0 Å². The average molecular weight is 266 g/mol. The summed E-state index contributed by atoms with van der Waals surface area (Å²) < 4.78 is 10.1. The van der Waals surface area contributed by atoms with Crippen molar-refractivity contribution < 1.29 is 14.3 Å². The molecule has 106 valence electrons. The first kappa shape index (κ1) is 15.5. The van der Waals surface area contributed by atoms with Gasteiger partial charge in [-0.15, -0.1) is 0 Å². The van der Waals surface area contributed by atoms with Crippen molar-refractivity contribution in [2.75, 3.05) is 39.2 Å². The summed E-state index contributed by atoms with van der Waals surface area (Å²) in [5, 5.41) is 2.81. The number of amides is 1. The molecule has 0 bridgehead atoms. The number of carbonyl (C=O) groups excluding carboxylic acids is 1. The Labute approximate surface area is 114 Å². The lowest BCUT2D eigenvalue weighted by Gasteiger charge is -2.06. The second-order valence-corrected chi connectivity index (χ2v) is 4.20. The molecule has 1 aromatic carbocycles. The molecular weight excluding hydrogens is 244 g/mol. The summed E-state index contributed by atoms with van der Waals surface area (Å²) in [5.74, 6) is 0.0257. The molecule has 5 heteroatoms. The molecule has 0 aliphatic heterocycles. The Bertz CT molecular complexity index is 383. The quantitative estimate of drug-likeness (QED) is 0.516. The number of hydrogen-bond acceptors (Lipinski definition) is 4.